The molecule has 0 aliphatic heterocycles. The van der Waals surface area contributed by atoms with Crippen LogP contribution < -0.4 is 15.2 Å². The zero-order chi connectivity index (χ0) is 26.4. The highest BCUT2D eigenvalue weighted by Gasteiger charge is 2.36. The van der Waals surface area contributed by atoms with E-state index in [4.69, 9.17) is 34.2 Å². The van der Waals surface area contributed by atoms with Crippen LogP contribution in [-0.2, 0) is 35.0 Å². The molecule has 35 heavy (non-hydrogen) atoms. The van der Waals surface area contributed by atoms with E-state index in [1.807, 2.05) is 13.8 Å². The van der Waals surface area contributed by atoms with Crippen molar-refractivity contribution in [2.45, 2.75) is 58.9 Å². The number of methoxy groups -OCH3 is 1. The van der Waals surface area contributed by atoms with Crippen molar-refractivity contribution in [3.63, 3.8) is 0 Å². The van der Waals surface area contributed by atoms with E-state index in [1.165, 1.54) is 25.3 Å². The van der Waals surface area contributed by atoms with Crippen LogP contribution in [0.25, 0.3) is 0 Å². The minimum absolute atomic E-state index is 0.0194. The van der Waals surface area contributed by atoms with Gasteiger partial charge in [0.2, 0.25) is 0 Å². The third-order valence-electron chi connectivity index (χ3n) is 4.62. The summed E-state index contributed by atoms with van der Waals surface area (Å²) >= 11 is 0. The van der Waals surface area contributed by atoms with E-state index in [9.17, 15) is 19.2 Å². The molecule has 2 N–H and O–H groups in total. The van der Waals surface area contributed by atoms with Crippen LogP contribution >= 0.6 is 0 Å². The Hall–Kier alpha value is -3.34. The summed E-state index contributed by atoms with van der Waals surface area (Å²) in [5.41, 5.74) is 5.25. The first-order valence-corrected chi connectivity index (χ1v) is 11.4. The monoisotopic (exact) mass is 497 g/mol. The molecule has 1 aromatic rings. The average molecular weight is 498 g/mol. The molecule has 0 aliphatic carbocycles. The number of hydrogen-bond acceptors (Lipinski definition) is 11. The third-order valence-corrected chi connectivity index (χ3v) is 4.62. The molecule has 0 amide bonds. The van der Waals surface area contributed by atoms with Crippen molar-refractivity contribution >= 4 is 24.2 Å². The molecule has 0 aliphatic rings. The summed E-state index contributed by atoms with van der Waals surface area (Å²) in [4.78, 5) is 48.1. The first-order chi connectivity index (χ1) is 16.6. The lowest BCUT2D eigenvalue weighted by Crippen LogP contribution is -2.51. The highest BCUT2D eigenvalue weighted by Crippen LogP contribution is 2.31. The average Bonchev–Trinajstić information content (AvgIpc) is 2.82. The fourth-order valence-corrected chi connectivity index (χ4v) is 2.77. The van der Waals surface area contributed by atoms with Crippen molar-refractivity contribution in [1.82, 2.24) is 0 Å². The van der Waals surface area contributed by atoms with Crippen molar-refractivity contribution in [1.29, 1.82) is 0 Å². The molecule has 0 radical (unpaired) electrons. The molecule has 0 bridgehead atoms. The van der Waals surface area contributed by atoms with Crippen LogP contribution in [-0.4, -0.2) is 56.7 Å². The standard InChI is InChI=1S/C24H35NO10/c1-6-11-32-22(28)34-18-9-8-17(14-19(18)35-23(29)33-12-7-2)15-24(25,21(27)30-5)10-13-31-20(26)16(3)4/h8-9,14,16H,6-7,10-13,15,25H2,1-5H3. The molecular weight excluding hydrogens is 462 g/mol. The van der Waals surface area contributed by atoms with Gasteiger partial charge in [0.05, 0.1) is 32.8 Å². The van der Waals surface area contributed by atoms with Crippen LogP contribution in [0.5, 0.6) is 11.5 Å². The van der Waals surface area contributed by atoms with Crippen LogP contribution in [0.2, 0.25) is 0 Å². The molecule has 0 fully saturated rings. The van der Waals surface area contributed by atoms with Crippen LogP contribution in [0.4, 0.5) is 9.59 Å². The number of carbonyl (C=O) groups is 4. The van der Waals surface area contributed by atoms with Gasteiger partial charge in [0.1, 0.15) is 5.54 Å². The molecule has 11 nitrogen and oxygen atoms in total. The highest BCUT2D eigenvalue weighted by atomic mass is 16.7. The van der Waals surface area contributed by atoms with Crippen LogP contribution in [0.1, 0.15) is 52.5 Å². The third kappa shape index (κ3) is 10.2. The van der Waals surface area contributed by atoms with Gasteiger partial charge < -0.3 is 34.2 Å². The zero-order valence-corrected chi connectivity index (χ0v) is 20.9. The van der Waals surface area contributed by atoms with Crippen molar-refractivity contribution < 1.29 is 47.6 Å². The predicted octanol–water partition coefficient (Wildman–Crippen LogP) is 3.54. The van der Waals surface area contributed by atoms with E-state index in [0.717, 1.165) is 0 Å². The van der Waals surface area contributed by atoms with Gasteiger partial charge in [-0.3, -0.25) is 9.59 Å². The molecule has 1 unspecified atom stereocenters. The topological polar surface area (TPSA) is 150 Å². The van der Waals surface area contributed by atoms with E-state index in [1.54, 1.807) is 13.8 Å². The molecule has 0 spiro atoms. The summed E-state index contributed by atoms with van der Waals surface area (Å²) in [5, 5.41) is 0. The maximum atomic E-state index is 12.5. The molecule has 196 valence electrons. The van der Waals surface area contributed by atoms with Crippen molar-refractivity contribution in [2.24, 2.45) is 11.7 Å². The Balaban J connectivity index is 3.14. The first kappa shape index (κ1) is 29.7. The Kier molecular flexibility index (Phi) is 12.6. The minimum Gasteiger partial charge on any atom is -0.468 e. The van der Waals surface area contributed by atoms with Crippen molar-refractivity contribution in [3.8, 4) is 11.5 Å². The SMILES string of the molecule is CCCOC(=O)Oc1ccc(CC(N)(CCOC(=O)C(C)C)C(=O)OC)cc1OC(=O)OCCC. The van der Waals surface area contributed by atoms with Crippen molar-refractivity contribution in [3.05, 3.63) is 23.8 Å². The maximum absolute atomic E-state index is 12.5. The second-order valence-corrected chi connectivity index (χ2v) is 8.08. The molecule has 0 saturated heterocycles. The molecule has 0 heterocycles. The number of benzene rings is 1. The van der Waals surface area contributed by atoms with E-state index in [0.29, 0.717) is 18.4 Å². The molecule has 1 atom stereocenters. The Morgan fingerprint density at radius 2 is 1.46 bits per heavy atom. The maximum Gasteiger partial charge on any atom is 0.513 e. The molecule has 1 rings (SSSR count). The number of esters is 2. The van der Waals surface area contributed by atoms with E-state index in [-0.39, 0.29) is 50.1 Å². The molecule has 1 aromatic carbocycles. The smallest absolute Gasteiger partial charge is 0.468 e. The summed E-state index contributed by atoms with van der Waals surface area (Å²) in [6, 6.07) is 4.30. The van der Waals surface area contributed by atoms with Gasteiger partial charge in [-0.1, -0.05) is 33.8 Å². The van der Waals surface area contributed by atoms with Gasteiger partial charge in [-0.15, -0.1) is 0 Å². The Labute approximate surface area is 205 Å². The summed E-state index contributed by atoms with van der Waals surface area (Å²) in [5.74, 6) is -1.68. The largest absolute Gasteiger partial charge is 0.513 e. The fourth-order valence-electron chi connectivity index (χ4n) is 2.77. The summed E-state index contributed by atoms with van der Waals surface area (Å²) < 4.78 is 30.2. The highest BCUT2D eigenvalue weighted by molar-refractivity contribution is 5.81. The number of nitrogens with two attached hydrogens (primary N) is 1. The number of hydrogen-bond donors (Lipinski definition) is 1. The second-order valence-electron chi connectivity index (χ2n) is 8.08. The van der Waals surface area contributed by atoms with Gasteiger partial charge in [0, 0.05) is 12.8 Å². The predicted molar refractivity (Wildman–Crippen MR) is 124 cm³/mol. The van der Waals surface area contributed by atoms with Gasteiger partial charge in [0.15, 0.2) is 11.5 Å². The van der Waals surface area contributed by atoms with Crippen LogP contribution in [0.15, 0.2) is 18.2 Å². The zero-order valence-electron chi connectivity index (χ0n) is 20.9. The van der Waals surface area contributed by atoms with Crippen LogP contribution in [0, 0.1) is 5.92 Å². The molecule has 11 heteroatoms. The van der Waals surface area contributed by atoms with E-state index in [2.05, 4.69) is 0 Å². The number of carbonyl (C=O) groups excluding carboxylic acids is 4. The van der Waals surface area contributed by atoms with Gasteiger partial charge in [-0.05, 0) is 30.5 Å². The second kappa shape index (κ2) is 14.8. The number of ether oxygens (including phenoxy) is 6. The van der Waals surface area contributed by atoms with Crippen LogP contribution in [0.3, 0.4) is 0 Å². The van der Waals surface area contributed by atoms with Crippen molar-refractivity contribution in [2.75, 3.05) is 26.9 Å². The lowest BCUT2D eigenvalue weighted by Gasteiger charge is -2.27. The van der Waals surface area contributed by atoms with E-state index < -0.39 is 29.8 Å². The number of rotatable bonds is 13. The van der Waals surface area contributed by atoms with Gasteiger partial charge >= 0.3 is 24.2 Å². The Bertz CT molecular complexity index is 870. The molecule has 0 saturated carbocycles. The minimum atomic E-state index is -1.55. The van der Waals surface area contributed by atoms with Gasteiger partial charge in [-0.25, -0.2) is 9.59 Å². The van der Waals surface area contributed by atoms with Gasteiger partial charge in [-0.2, -0.15) is 0 Å². The normalized spacial score (nSPS) is 12.3. The van der Waals surface area contributed by atoms with Gasteiger partial charge in [0.25, 0.3) is 0 Å². The Morgan fingerprint density at radius 1 is 0.886 bits per heavy atom. The fraction of sp³-hybridized carbons (Fsp3) is 0.583. The lowest BCUT2D eigenvalue weighted by molar-refractivity contribution is -0.152. The first-order valence-electron chi connectivity index (χ1n) is 11.4. The summed E-state index contributed by atoms with van der Waals surface area (Å²) in [6.45, 7) is 7.21. The summed E-state index contributed by atoms with van der Waals surface area (Å²) in [6.07, 6.45) is -0.865. The lowest BCUT2D eigenvalue weighted by atomic mass is 9.88. The van der Waals surface area contributed by atoms with E-state index >= 15 is 0 Å². The Morgan fingerprint density at radius 3 is 1.97 bits per heavy atom. The summed E-state index contributed by atoms with van der Waals surface area (Å²) in [7, 11) is 1.20. The molecular formula is C24H35NO10. The molecule has 0 aromatic heterocycles. The quantitative estimate of drug-likeness (QED) is 0.242.